The predicted octanol–water partition coefficient (Wildman–Crippen LogP) is 6.18. The standard InChI is InChI=1S/C29H32F2N6/c1-4-11-37(3)17-35-25-10-7-19(14-26(25)33-2)18-5-8-21-22-9-6-20(27-16-34-28(15-32)36-27)13-24(22)29(30,31)23(21)12-18/h5-10,12,14,16-17,20,33H,4,11,13,15,32H2,1-3H3,(H,34,36)/b35-17+. The maximum atomic E-state index is 15.8. The molecule has 1 atom stereocenters. The van der Waals surface area contributed by atoms with Crippen molar-refractivity contribution in [2.45, 2.75) is 38.2 Å². The number of benzene rings is 2. The molecule has 1 aromatic heterocycles. The van der Waals surface area contributed by atoms with Crippen molar-refractivity contribution < 1.29 is 8.78 Å². The van der Waals surface area contributed by atoms with Gasteiger partial charge in [0.1, 0.15) is 5.82 Å². The number of nitrogens with two attached hydrogens (primary N) is 1. The summed E-state index contributed by atoms with van der Waals surface area (Å²) >= 11 is 0. The van der Waals surface area contributed by atoms with Crippen molar-refractivity contribution in [1.29, 1.82) is 0 Å². The highest BCUT2D eigenvalue weighted by Crippen LogP contribution is 2.54. The zero-order valence-corrected chi connectivity index (χ0v) is 21.4. The van der Waals surface area contributed by atoms with Crippen LogP contribution < -0.4 is 11.1 Å². The summed E-state index contributed by atoms with van der Waals surface area (Å²) in [5, 5.41) is 3.18. The molecule has 0 saturated carbocycles. The Morgan fingerprint density at radius 3 is 2.76 bits per heavy atom. The van der Waals surface area contributed by atoms with Gasteiger partial charge >= 0.3 is 0 Å². The minimum absolute atomic E-state index is 0.0573. The number of nitrogens with one attached hydrogen (secondary N) is 2. The topological polar surface area (TPSA) is 82.3 Å². The fraction of sp³-hybridized carbons (Fsp3) is 0.310. The van der Waals surface area contributed by atoms with E-state index in [1.54, 1.807) is 12.3 Å². The van der Waals surface area contributed by atoms with Gasteiger partial charge in [0, 0.05) is 49.6 Å². The van der Waals surface area contributed by atoms with Gasteiger partial charge in [-0.05, 0) is 53.3 Å². The second-order valence-corrected chi connectivity index (χ2v) is 9.59. The molecule has 0 saturated heterocycles. The molecule has 0 fully saturated rings. The summed E-state index contributed by atoms with van der Waals surface area (Å²) in [5.74, 6) is -2.57. The molecule has 3 aromatic rings. The van der Waals surface area contributed by atoms with Gasteiger partial charge in [-0.1, -0.05) is 37.3 Å². The van der Waals surface area contributed by atoms with Crippen LogP contribution in [0.4, 0.5) is 20.2 Å². The molecule has 0 radical (unpaired) electrons. The zero-order chi connectivity index (χ0) is 26.2. The molecule has 5 rings (SSSR count). The minimum Gasteiger partial charge on any atom is -0.386 e. The van der Waals surface area contributed by atoms with Gasteiger partial charge in [-0.2, -0.15) is 8.78 Å². The number of anilines is 1. The largest absolute Gasteiger partial charge is 0.386 e. The molecule has 37 heavy (non-hydrogen) atoms. The van der Waals surface area contributed by atoms with Crippen LogP contribution in [0.15, 0.2) is 65.3 Å². The van der Waals surface area contributed by atoms with Gasteiger partial charge in [-0.3, -0.25) is 0 Å². The second kappa shape index (κ2) is 9.94. The maximum absolute atomic E-state index is 15.8. The van der Waals surface area contributed by atoms with Crippen molar-refractivity contribution in [2.75, 3.05) is 26.0 Å². The van der Waals surface area contributed by atoms with Crippen LogP contribution in [0, 0.1) is 0 Å². The molecule has 192 valence electrons. The Morgan fingerprint density at radius 1 is 1.24 bits per heavy atom. The van der Waals surface area contributed by atoms with Crippen molar-refractivity contribution in [3.8, 4) is 11.1 Å². The number of aliphatic imine (C=N–C) groups is 1. The van der Waals surface area contributed by atoms with E-state index in [4.69, 9.17) is 5.73 Å². The number of rotatable bonds is 8. The van der Waals surface area contributed by atoms with Crippen molar-refractivity contribution in [3.05, 3.63) is 83.0 Å². The van der Waals surface area contributed by atoms with Crippen molar-refractivity contribution in [2.24, 2.45) is 10.7 Å². The summed E-state index contributed by atoms with van der Waals surface area (Å²) in [7, 11) is 3.82. The van der Waals surface area contributed by atoms with Crippen molar-refractivity contribution in [1.82, 2.24) is 14.9 Å². The lowest BCUT2D eigenvalue weighted by atomic mass is 9.87. The number of hydrogen-bond donors (Lipinski definition) is 3. The predicted molar refractivity (Wildman–Crippen MR) is 146 cm³/mol. The molecule has 2 aliphatic rings. The molecule has 8 heteroatoms. The average molecular weight is 503 g/mol. The first-order chi connectivity index (χ1) is 17.8. The third-order valence-corrected chi connectivity index (χ3v) is 7.08. The average Bonchev–Trinajstić information content (AvgIpc) is 3.48. The highest BCUT2D eigenvalue weighted by atomic mass is 19.3. The Morgan fingerprint density at radius 2 is 2.03 bits per heavy atom. The van der Waals surface area contributed by atoms with Gasteiger partial charge in [0.05, 0.1) is 24.3 Å². The fourth-order valence-corrected chi connectivity index (χ4v) is 5.13. The highest BCUT2D eigenvalue weighted by molar-refractivity contribution is 5.88. The minimum atomic E-state index is -3.04. The van der Waals surface area contributed by atoms with Crippen molar-refractivity contribution in [3.63, 3.8) is 0 Å². The molecule has 2 aliphatic carbocycles. The van der Waals surface area contributed by atoms with E-state index < -0.39 is 5.92 Å². The summed E-state index contributed by atoms with van der Waals surface area (Å²) in [6, 6.07) is 11.2. The van der Waals surface area contributed by atoms with E-state index in [1.165, 1.54) is 0 Å². The highest BCUT2D eigenvalue weighted by Gasteiger charge is 2.47. The molecule has 0 amide bonds. The first-order valence-electron chi connectivity index (χ1n) is 12.6. The molecule has 2 aromatic carbocycles. The zero-order valence-electron chi connectivity index (χ0n) is 21.4. The lowest BCUT2D eigenvalue weighted by molar-refractivity contribution is 0.0378. The third kappa shape index (κ3) is 4.57. The van der Waals surface area contributed by atoms with Gasteiger partial charge in [0.25, 0.3) is 5.92 Å². The summed E-state index contributed by atoms with van der Waals surface area (Å²) in [4.78, 5) is 14.0. The normalized spacial score (nSPS) is 17.8. The molecular weight excluding hydrogens is 470 g/mol. The Balaban J connectivity index is 1.42. The molecule has 0 bridgehead atoms. The van der Waals surface area contributed by atoms with Gasteiger partial charge in [0.15, 0.2) is 0 Å². The van der Waals surface area contributed by atoms with E-state index in [0.29, 0.717) is 17.0 Å². The summed E-state index contributed by atoms with van der Waals surface area (Å²) in [6.45, 7) is 3.33. The van der Waals surface area contributed by atoms with E-state index in [2.05, 4.69) is 27.2 Å². The number of alkyl halides is 2. The van der Waals surface area contributed by atoms with Crippen LogP contribution in [0.1, 0.15) is 48.3 Å². The Bertz CT molecular complexity index is 1400. The van der Waals surface area contributed by atoms with Gasteiger partial charge < -0.3 is 20.9 Å². The Labute approximate surface area is 216 Å². The van der Waals surface area contributed by atoms with Crippen LogP contribution in [0.2, 0.25) is 0 Å². The van der Waals surface area contributed by atoms with Crippen LogP contribution in [-0.2, 0) is 12.5 Å². The van der Waals surface area contributed by atoms with Gasteiger partial charge in [-0.25, -0.2) is 9.98 Å². The number of aromatic nitrogens is 2. The second-order valence-electron chi connectivity index (χ2n) is 9.59. The van der Waals surface area contributed by atoms with E-state index in [1.807, 2.05) is 67.8 Å². The van der Waals surface area contributed by atoms with E-state index >= 15 is 8.78 Å². The molecule has 0 aliphatic heterocycles. The number of halogens is 2. The molecule has 4 N–H and O–H groups in total. The third-order valence-electron chi connectivity index (χ3n) is 7.08. The summed E-state index contributed by atoms with van der Waals surface area (Å²) in [6.07, 6.45) is 8.58. The number of nitrogens with zero attached hydrogens (tertiary/aromatic N) is 3. The molecule has 1 heterocycles. The Hall–Kier alpha value is -3.78. The number of fused-ring (bicyclic) bond motifs is 2. The van der Waals surface area contributed by atoms with Crippen molar-refractivity contribution >= 4 is 23.3 Å². The van der Waals surface area contributed by atoms with E-state index in [-0.39, 0.29) is 30.0 Å². The van der Waals surface area contributed by atoms with E-state index in [0.717, 1.165) is 41.2 Å². The smallest absolute Gasteiger partial charge is 0.296 e. The van der Waals surface area contributed by atoms with Crippen LogP contribution in [0.3, 0.4) is 0 Å². The van der Waals surface area contributed by atoms with Crippen LogP contribution in [0.5, 0.6) is 0 Å². The molecule has 1 unspecified atom stereocenters. The molecule has 0 spiro atoms. The van der Waals surface area contributed by atoms with Gasteiger partial charge in [0.2, 0.25) is 0 Å². The maximum Gasteiger partial charge on any atom is 0.296 e. The summed E-state index contributed by atoms with van der Waals surface area (Å²) < 4.78 is 31.6. The first-order valence-corrected chi connectivity index (χ1v) is 12.6. The van der Waals surface area contributed by atoms with Crippen LogP contribution >= 0.6 is 0 Å². The van der Waals surface area contributed by atoms with Crippen LogP contribution in [0.25, 0.3) is 16.7 Å². The van der Waals surface area contributed by atoms with Crippen LogP contribution in [-0.4, -0.2) is 41.8 Å². The lowest BCUT2D eigenvalue weighted by Crippen LogP contribution is -2.16. The SMILES string of the molecule is CCCN(C)/C=N/c1ccc(-c2ccc3c(c2)C(F)(F)C2=C3C=CC(c3cnc(CN)[nH]3)C2)cc1NC. The monoisotopic (exact) mass is 502 g/mol. The number of aromatic amines is 1. The summed E-state index contributed by atoms with van der Waals surface area (Å²) in [5.41, 5.74) is 11.1. The number of hydrogen-bond acceptors (Lipinski definition) is 4. The lowest BCUT2D eigenvalue weighted by Gasteiger charge is -2.22. The molecular formula is C29H32F2N6. The van der Waals surface area contributed by atoms with E-state index in [9.17, 15) is 0 Å². The number of allylic oxidation sites excluding steroid dienone is 4. The molecule has 6 nitrogen and oxygen atoms in total. The Kier molecular flexibility index (Phi) is 6.69. The van der Waals surface area contributed by atoms with Gasteiger partial charge in [-0.15, -0.1) is 0 Å². The fourth-order valence-electron chi connectivity index (χ4n) is 5.13. The quantitative estimate of drug-likeness (QED) is 0.254. The number of imidazole rings is 1. The number of H-pyrrole nitrogens is 1. The first kappa shape index (κ1) is 24.9.